The van der Waals surface area contributed by atoms with E-state index in [1.165, 1.54) is 19.4 Å². The fourth-order valence-electron chi connectivity index (χ4n) is 3.93. The summed E-state index contributed by atoms with van der Waals surface area (Å²) in [7, 11) is 1.43. The second-order valence-corrected chi connectivity index (χ2v) is 11.6. The molecule has 232 valence electrons. The predicted octanol–water partition coefficient (Wildman–Crippen LogP) is 5.07. The average Bonchev–Trinajstić information content (AvgIpc) is 2.89. The zero-order valence-electron chi connectivity index (χ0n) is 25.4. The average molecular weight is 606 g/mol. The molecule has 0 saturated carbocycles. The van der Waals surface area contributed by atoms with Crippen molar-refractivity contribution >= 4 is 35.5 Å². The highest BCUT2D eigenvalue weighted by Crippen LogP contribution is 2.23. The highest BCUT2D eigenvalue weighted by atomic mass is 35.5. The van der Waals surface area contributed by atoms with Crippen molar-refractivity contribution in [1.29, 1.82) is 0 Å². The number of primary amides is 1. The summed E-state index contributed by atoms with van der Waals surface area (Å²) in [6.07, 6.45) is 14.5. The molecule has 0 unspecified atom stereocenters. The summed E-state index contributed by atoms with van der Waals surface area (Å²) in [5.74, 6) is -1.10. The van der Waals surface area contributed by atoms with Crippen molar-refractivity contribution in [3.8, 4) is 0 Å². The van der Waals surface area contributed by atoms with Crippen LogP contribution in [0.15, 0.2) is 71.2 Å². The van der Waals surface area contributed by atoms with Crippen molar-refractivity contribution < 1.29 is 33.4 Å². The number of rotatable bonds is 14. The highest BCUT2D eigenvalue weighted by Gasteiger charge is 2.32. The number of methoxy groups -OCH3 is 1. The first kappa shape index (κ1) is 36.2. The fraction of sp³-hybridized carbons (Fsp3) is 0.484. The van der Waals surface area contributed by atoms with Crippen LogP contribution in [-0.4, -0.2) is 49.2 Å². The minimum absolute atomic E-state index is 0.0196. The number of nitrogens with one attached hydrogen (secondary N) is 2. The highest BCUT2D eigenvalue weighted by molar-refractivity contribution is 6.29. The molecule has 0 spiro atoms. The van der Waals surface area contributed by atoms with Crippen LogP contribution in [0.1, 0.15) is 60.8 Å². The van der Waals surface area contributed by atoms with Gasteiger partial charge >= 0.3 is 12.1 Å². The Labute approximate surface area is 253 Å². The van der Waals surface area contributed by atoms with Gasteiger partial charge in [-0.15, -0.1) is 0 Å². The molecule has 1 heterocycles. The maximum absolute atomic E-state index is 12.9. The first-order valence-corrected chi connectivity index (χ1v) is 14.0. The molecule has 42 heavy (non-hydrogen) atoms. The van der Waals surface area contributed by atoms with Gasteiger partial charge in [-0.3, -0.25) is 9.59 Å². The molecular weight excluding hydrogens is 562 g/mol. The molecule has 4 atom stereocenters. The van der Waals surface area contributed by atoms with Crippen molar-refractivity contribution in [3.63, 3.8) is 0 Å². The zero-order valence-corrected chi connectivity index (χ0v) is 26.2. The smallest absolute Gasteiger partial charge is 0.404 e. The van der Waals surface area contributed by atoms with Crippen LogP contribution in [0.3, 0.4) is 0 Å². The SMILES string of the molecule is COC1=CC[C@@H]([C@@H](C)C=C(C)C=CC=CC(=O)N[C@H](C(=O)NC=CC[C@H](CC=C(C)Cl)OC(N)=O)C(C)(C)C)OC1=O. The summed E-state index contributed by atoms with van der Waals surface area (Å²) in [6, 6.07) is -0.823. The van der Waals surface area contributed by atoms with E-state index in [9.17, 15) is 19.2 Å². The van der Waals surface area contributed by atoms with Gasteiger partial charge in [-0.25, -0.2) is 9.59 Å². The summed E-state index contributed by atoms with van der Waals surface area (Å²) in [4.78, 5) is 48.5. The third kappa shape index (κ3) is 14.2. The Morgan fingerprint density at radius 3 is 2.43 bits per heavy atom. The summed E-state index contributed by atoms with van der Waals surface area (Å²) in [5, 5.41) is 5.98. The molecule has 0 aromatic carbocycles. The van der Waals surface area contributed by atoms with E-state index in [-0.39, 0.29) is 17.8 Å². The predicted molar refractivity (Wildman–Crippen MR) is 163 cm³/mol. The fourth-order valence-corrected chi connectivity index (χ4v) is 4.02. The summed E-state index contributed by atoms with van der Waals surface area (Å²) in [5.41, 5.74) is 5.48. The van der Waals surface area contributed by atoms with Gasteiger partial charge in [-0.2, -0.15) is 0 Å². The molecule has 1 rings (SSSR count). The van der Waals surface area contributed by atoms with Crippen LogP contribution >= 0.6 is 11.6 Å². The molecular formula is C31H44ClN3O7. The van der Waals surface area contributed by atoms with Crippen molar-refractivity contribution in [1.82, 2.24) is 10.6 Å². The van der Waals surface area contributed by atoms with E-state index >= 15 is 0 Å². The molecule has 1 aliphatic heterocycles. The molecule has 4 N–H and O–H groups in total. The number of halogens is 1. The van der Waals surface area contributed by atoms with Gasteiger partial charge < -0.3 is 30.6 Å². The summed E-state index contributed by atoms with van der Waals surface area (Å²) < 4.78 is 15.5. The molecule has 0 bridgehead atoms. The lowest BCUT2D eigenvalue weighted by Crippen LogP contribution is -2.52. The standard InChI is InChI=1S/C31H44ClN3O7/c1-20(19-21(2)24-16-17-25(40-7)29(38)42-24)11-8-9-13-26(36)35-27(31(4,5)6)28(37)34-18-10-12-23(41-30(33)39)15-14-22(3)32/h8-11,13-14,17-19,21,23-24,27H,12,15-16H2,1-7H3,(H2,33,39)(H,34,37)(H,35,36)/t21-,23+,24-,27+/m0/s1. The minimum Gasteiger partial charge on any atom is -0.490 e. The van der Waals surface area contributed by atoms with Crippen LogP contribution in [0.2, 0.25) is 0 Å². The number of allylic oxidation sites excluding steroid dienone is 5. The Kier molecular flexibility index (Phi) is 15.4. The number of carbonyl (C=O) groups excluding carboxylic acids is 4. The number of hydrogen-bond acceptors (Lipinski definition) is 7. The van der Waals surface area contributed by atoms with E-state index < -0.39 is 41.4 Å². The molecule has 0 aliphatic carbocycles. The van der Waals surface area contributed by atoms with E-state index in [0.717, 1.165) is 5.57 Å². The number of nitrogens with two attached hydrogens (primary N) is 1. The lowest BCUT2D eigenvalue weighted by atomic mass is 9.86. The van der Waals surface area contributed by atoms with Gasteiger partial charge in [0.2, 0.25) is 11.8 Å². The van der Waals surface area contributed by atoms with Crippen molar-refractivity contribution in [2.75, 3.05) is 7.11 Å². The van der Waals surface area contributed by atoms with Crippen molar-refractivity contribution in [2.45, 2.75) is 79.1 Å². The molecule has 3 amide bonds. The Bertz CT molecular complexity index is 1140. The molecule has 0 fully saturated rings. The topological polar surface area (TPSA) is 146 Å². The Hall–Kier alpha value is -3.79. The second kappa shape index (κ2) is 17.9. The van der Waals surface area contributed by atoms with E-state index in [1.54, 1.807) is 37.3 Å². The van der Waals surface area contributed by atoms with Gasteiger partial charge in [0.15, 0.2) is 5.76 Å². The van der Waals surface area contributed by atoms with Crippen LogP contribution in [0, 0.1) is 11.3 Å². The number of esters is 1. The third-order valence-electron chi connectivity index (χ3n) is 6.15. The second-order valence-electron chi connectivity index (χ2n) is 11.0. The largest absolute Gasteiger partial charge is 0.490 e. The first-order valence-electron chi connectivity index (χ1n) is 13.7. The van der Waals surface area contributed by atoms with Crippen LogP contribution in [0.5, 0.6) is 0 Å². The van der Waals surface area contributed by atoms with Crippen LogP contribution in [-0.2, 0) is 28.6 Å². The van der Waals surface area contributed by atoms with E-state index in [2.05, 4.69) is 10.6 Å². The van der Waals surface area contributed by atoms with Crippen LogP contribution in [0.4, 0.5) is 4.79 Å². The maximum Gasteiger partial charge on any atom is 0.404 e. The Balaban J connectivity index is 2.70. The minimum atomic E-state index is -0.900. The number of cyclic esters (lactones) is 1. The van der Waals surface area contributed by atoms with E-state index in [0.29, 0.717) is 24.3 Å². The quantitative estimate of drug-likeness (QED) is 0.142. The number of carbonyl (C=O) groups is 4. The number of hydrogen-bond donors (Lipinski definition) is 3. The molecule has 11 heteroatoms. The van der Waals surface area contributed by atoms with Gasteiger partial charge in [0.05, 0.1) is 7.11 Å². The monoisotopic (exact) mass is 605 g/mol. The molecule has 1 aliphatic rings. The molecule has 0 saturated heterocycles. The van der Waals surface area contributed by atoms with E-state index in [4.69, 9.17) is 31.5 Å². The van der Waals surface area contributed by atoms with Crippen LogP contribution in [0.25, 0.3) is 0 Å². The lowest BCUT2D eigenvalue weighted by Gasteiger charge is -2.29. The molecule has 10 nitrogen and oxygen atoms in total. The summed E-state index contributed by atoms with van der Waals surface area (Å²) >= 11 is 5.84. The maximum atomic E-state index is 12.9. The molecule has 0 aromatic heterocycles. The third-order valence-corrected chi connectivity index (χ3v) is 6.30. The zero-order chi connectivity index (χ0) is 31.9. The first-order chi connectivity index (χ1) is 19.6. The summed E-state index contributed by atoms with van der Waals surface area (Å²) in [6.45, 7) is 11.1. The molecule has 0 aromatic rings. The van der Waals surface area contributed by atoms with Crippen molar-refractivity contribution in [3.05, 3.63) is 71.2 Å². The lowest BCUT2D eigenvalue weighted by molar-refractivity contribution is -0.151. The Morgan fingerprint density at radius 1 is 1.19 bits per heavy atom. The van der Waals surface area contributed by atoms with Crippen molar-refractivity contribution in [2.24, 2.45) is 17.1 Å². The van der Waals surface area contributed by atoms with Gasteiger partial charge in [0.25, 0.3) is 0 Å². The van der Waals surface area contributed by atoms with Crippen LogP contribution < -0.4 is 16.4 Å². The Morgan fingerprint density at radius 2 is 1.86 bits per heavy atom. The number of amides is 3. The normalized spacial score (nSPS) is 18.8. The van der Waals surface area contributed by atoms with E-state index in [1.807, 2.05) is 46.8 Å². The van der Waals surface area contributed by atoms with Gasteiger partial charge in [-0.1, -0.05) is 81.3 Å². The number of ether oxygens (including phenoxy) is 3. The van der Waals surface area contributed by atoms with Gasteiger partial charge in [0.1, 0.15) is 18.2 Å². The van der Waals surface area contributed by atoms with Gasteiger partial charge in [-0.05, 0) is 31.5 Å². The molecule has 0 radical (unpaired) electrons. The van der Waals surface area contributed by atoms with Gasteiger partial charge in [0, 0.05) is 36.3 Å².